The second kappa shape index (κ2) is 10.1. The van der Waals surface area contributed by atoms with Crippen LogP contribution in [0.25, 0.3) is 0 Å². The Bertz CT molecular complexity index is 1580. The molecule has 6 rings (SSSR count). The second-order valence-corrected chi connectivity index (χ2v) is 12.3. The predicted molar refractivity (Wildman–Crippen MR) is 145 cm³/mol. The van der Waals surface area contributed by atoms with Gasteiger partial charge in [-0.1, -0.05) is 23.7 Å². The molecule has 2 atom stereocenters. The molecular formula is C26H25ClN6O6S. The topological polar surface area (TPSA) is 139 Å². The zero-order chi connectivity index (χ0) is 28.2. The number of carbonyl (C=O) groups excluding carboxylic acids is 1. The van der Waals surface area contributed by atoms with E-state index in [2.05, 4.69) is 9.97 Å². The SMILES string of the molecule is CN(Cc1ccc(Cl)cc1)c1ncnc2c1[C@@H]1OC[C@H](CN2C(=O)C2CC2)N1S(=O)(=O)c1ccc([N+](=O)[O-])cc1. The van der Waals surface area contributed by atoms with E-state index in [-0.39, 0.29) is 35.6 Å². The molecule has 2 fully saturated rings. The van der Waals surface area contributed by atoms with Crippen molar-refractivity contribution in [1.82, 2.24) is 14.3 Å². The summed E-state index contributed by atoms with van der Waals surface area (Å²) < 4.78 is 35.4. The van der Waals surface area contributed by atoms with E-state index >= 15 is 0 Å². The summed E-state index contributed by atoms with van der Waals surface area (Å²) in [6.45, 7) is 0.533. The Morgan fingerprint density at radius 2 is 1.85 bits per heavy atom. The van der Waals surface area contributed by atoms with Crippen LogP contribution in [0.5, 0.6) is 0 Å². The Balaban J connectivity index is 1.45. The minimum atomic E-state index is -4.21. The lowest BCUT2D eigenvalue weighted by molar-refractivity contribution is -0.384. The van der Waals surface area contributed by atoms with Crippen LogP contribution < -0.4 is 9.80 Å². The maximum atomic E-state index is 14.0. The van der Waals surface area contributed by atoms with Crippen molar-refractivity contribution in [2.75, 3.05) is 30.0 Å². The number of rotatable bonds is 7. The first-order valence-corrected chi connectivity index (χ1v) is 14.5. The molecule has 0 unspecified atom stereocenters. The number of anilines is 2. The Morgan fingerprint density at radius 1 is 1.15 bits per heavy atom. The molecule has 2 aromatic carbocycles. The van der Waals surface area contributed by atoms with Gasteiger partial charge in [0.05, 0.1) is 28.0 Å². The maximum Gasteiger partial charge on any atom is 0.269 e. The van der Waals surface area contributed by atoms with Crippen molar-refractivity contribution in [2.45, 2.75) is 36.6 Å². The minimum Gasteiger partial charge on any atom is -0.356 e. The van der Waals surface area contributed by atoms with Gasteiger partial charge in [0.1, 0.15) is 18.0 Å². The number of fused-ring (bicyclic) bond motifs is 4. The fraction of sp³-hybridized carbons (Fsp3) is 0.346. The highest BCUT2D eigenvalue weighted by atomic mass is 35.5. The minimum absolute atomic E-state index is 0.0556. The van der Waals surface area contributed by atoms with Crippen LogP contribution in [0.1, 0.15) is 30.2 Å². The molecule has 1 amide bonds. The Labute approximate surface area is 235 Å². The van der Waals surface area contributed by atoms with Crippen LogP contribution in [0.3, 0.4) is 0 Å². The molecule has 1 aromatic heterocycles. The zero-order valence-electron chi connectivity index (χ0n) is 21.4. The fourth-order valence-corrected chi connectivity index (χ4v) is 6.95. The van der Waals surface area contributed by atoms with E-state index in [0.29, 0.717) is 28.8 Å². The van der Waals surface area contributed by atoms with E-state index in [9.17, 15) is 23.3 Å². The summed E-state index contributed by atoms with van der Waals surface area (Å²) >= 11 is 6.05. The Morgan fingerprint density at radius 3 is 2.50 bits per heavy atom. The molecule has 2 aliphatic heterocycles. The molecule has 3 aromatic rings. The summed E-state index contributed by atoms with van der Waals surface area (Å²) in [5.41, 5.74) is 1.10. The molecule has 0 spiro atoms. The number of benzene rings is 2. The van der Waals surface area contributed by atoms with E-state index in [1.807, 2.05) is 24.1 Å². The molecular weight excluding hydrogens is 560 g/mol. The number of nitro benzene ring substituents is 1. The molecule has 0 N–H and O–H groups in total. The van der Waals surface area contributed by atoms with Gasteiger partial charge in [-0.2, -0.15) is 4.31 Å². The van der Waals surface area contributed by atoms with Gasteiger partial charge in [0.25, 0.3) is 5.69 Å². The van der Waals surface area contributed by atoms with Crippen molar-refractivity contribution in [2.24, 2.45) is 5.92 Å². The molecule has 1 aliphatic carbocycles. The van der Waals surface area contributed by atoms with Crippen molar-refractivity contribution in [3.05, 3.63) is 81.1 Å². The highest BCUT2D eigenvalue weighted by Gasteiger charge is 2.52. The van der Waals surface area contributed by atoms with E-state index < -0.39 is 27.2 Å². The lowest BCUT2D eigenvalue weighted by Crippen LogP contribution is -2.45. The first-order valence-electron chi connectivity index (χ1n) is 12.7. The quantitative estimate of drug-likeness (QED) is 0.301. The third kappa shape index (κ3) is 4.68. The number of halogens is 1. The number of aromatic nitrogens is 2. The number of ether oxygens (including phenoxy) is 1. The Hall–Kier alpha value is -3.65. The number of hydrogen-bond acceptors (Lipinski definition) is 9. The van der Waals surface area contributed by atoms with Gasteiger partial charge < -0.3 is 9.64 Å². The molecule has 3 aliphatic rings. The normalized spacial score (nSPS) is 20.6. The van der Waals surface area contributed by atoms with Crippen molar-refractivity contribution in [3.8, 4) is 0 Å². The molecule has 12 nitrogen and oxygen atoms in total. The van der Waals surface area contributed by atoms with E-state index in [4.69, 9.17) is 16.3 Å². The third-order valence-corrected chi connectivity index (χ3v) is 9.45. The first-order chi connectivity index (χ1) is 19.1. The van der Waals surface area contributed by atoms with E-state index in [1.165, 1.54) is 22.8 Å². The Kier molecular flexibility index (Phi) is 6.69. The number of amides is 1. The molecule has 14 heteroatoms. The fourth-order valence-electron chi connectivity index (χ4n) is 5.17. The van der Waals surface area contributed by atoms with Crippen molar-refractivity contribution in [3.63, 3.8) is 0 Å². The summed E-state index contributed by atoms with van der Waals surface area (Å²) in [6.07, 6.45) is 1.80. The van der Waals surface area contributed by atoms with Crippen LogP contribution in [0, 0.1) is 16.0 Å². The average Bonchev–Trinajstić information content (AvgIpc) is 3.72. The van der Waals surface area contributed by atoms with Gasteiger partial charge in [-0.25, -0.2) is 18.4 Å². The van der Waals surface area contributed by atoms with E-state index in [1.54, 1.807) is 17.0 Å². The molecule has 1 saturated carbocycles. The van der Waals surface area contributed by atoms with Gasteiger partial charge in [0.15, 0.2) is 6.23 Å². The van der Waals surface area contributed by atoms with Gasteiger partial charge in [0, 0.05) is 43.2 Å². The number of sulfonamides is 1. The van der Waals surface area contributed by atoms with E-state index in [0.717, 1.165) is 30.5 Å². The summed E-state index contributed by atoms with van der Waals surface area (Å²) in [4.78, 5) is 36.3. The third-order valence-electron chi connectivity index (χ3n) is 7.29. The van der Waals surface area contributed by atoms with Gasteiger partial charge in [-0.15, -0.1) is 0 Å². The van der Waals surface area contributed by atoms with Crippen LogP contribution in [-0.4, -0.2) is 59.8 Å². The summed E-state index contributed by atoms with van der Waals surface area (Å²) in [6, 6.07) is 11.4. The zero-order valence-corrected chi connectivity index (χ0v) is 23.0. The lowest BCUT2D eigenvalue weighted by Gasteiger charge is -2.29. The number of non-ortho nitro benzene ring substituents is 1. The summed E-state index contributed by atoms with van der Waals surface area (Å²) in [7, 11) is -2.39. The number of carbonyl (C=O) groups is 1. The lowest BCUT2D eigenvalue weighted by atomic mass is 10.1. The number of nitrogens with zero attached hydrogens (tertiary/aromatic N) is 6. The van der Waals surface area contributed by atoms with Crippen LogP contribution in [0.2, 0.25) is 5.02 Å². The van der Waals surface area contributed by atoms with Gasteiger partial charge in [-0.3, -0.25) is 19.8 Å². The van der Waals surface area contributed by atoms with Gasteiger partial charge in [0.2, 0.25) is 15.9 Å². The molecule has 40 heavy (non-hydrogen) atoms. The smallest absolute Gasteiger partial charge is 0.269 e. The standard InChI is InChI=1S/C26H25ClN6O6S/c1-30(12-16-2-6-18(27)7-3-16)23-22-24(29-15-28-23)31(25(34)17-4-5-17)13-20-14-39-26(22)32(20)40(37,38)21-10-8-19(9-11-21)33(35)36/h2-3,6-11,15,17,20,26H,4-5,12-14H2,1H3/t20-,26-/m0/s1. The van der Waals surface area contributed by atoms with Crippen molar-refractivity contribution in [1.29, 1.82) is 0 Å². The van der Waals surface area contributed by atoms with Crippen LogP contribution >= 0.6 is 11.6 Å². The first kappa shape index (κ1) is 26.6. The average molecular weight is 585 g/mol. The molecule has 208 valence electrons. The maximum absolute atomic E-state index is 14.0. The van der Waals surface area contributed by atoms with Gasteiger partial charge >= 0.3 is 0 Å². The number of nitro groups is 1. The second-order valence-electron chi connectivity index (χ2n) is 10.1. The summed E-state index contributed by atoms with van der Waals surface area (Å²) in [5.74, 6) is 0.507. The predicted octanol–water partition coefficient (Wildman–Crippen LogP) is 3.52. The molecule has 1 saturated heterocycles. The van der Waals surface area contributed by atoms with Crippen LogP contribution in [0.15, 0.2) is 59.8 Å². The van der Waals surface area contributed by atoms with Crippen LogP contribution in [0.4, 0.5) is 17.3 Å². The largest absolute Gasteiger partial charge is 0.356 e. The van der Waals surface area contributed by atoms with Gasteiger partial charge in [-0.05, 0) is 42.7 Å². The molecule has 3 heterocycles. The van der Waals surface area contributed by atoms with Crippen molar-refractivity contribution >= 4 is 44.9 Å². The van der Waals surface area contributed by atoms with Crippen molar-refractivity contribution < 1.29 is 22.9 Å². The van der Waals surface area contributed by atoms with Crippen LogP contribution in [-0.2, 0) is 26.1 Å². The number of hydrogen-bond donors (Lipinski definition) is 0. The molecule has 0 radical (unpaired) electrons. The monoisotopic (exact) mass is 584 g/mol. The molecule has 2 bridgehead atoms. The summed E-state index contributed by atoms with van der Waals surface area (Å²) in [5, 5.41) is 11.7. The highest BCUT2D eigenvalue weighted by Crippen LogP contribution is 2.47. The highest BCUT2D eigenvalue weighted by molar-refractivity contribution is 7.89.